The zero-order valence-electron chi connectivity index (χ0n) is 7.44. The normalized spacial score (nSPS) is 13.4. The van der Waals surface area contributed by atoms with Gasteiger partial charge in [-0.3, -0.25) is 0 Å². The van der Waals surface area contributed by atoms with Gasteiger partial charge in [0.15, 0.2) is 0 Å². The zero-order valence-corrected chi connectivity index (χ0v) is 8.26. The molecule has 1 N–H and O–H groups in total. The second-order valence-electron chi connectivity index (χ2n) is 2.96. The molecule has 1 atom stereocenters. The van der Waals surface area contributed by atoms with Crippen LogP contribution >= 0.6 is 11.5 Å². The number of aromatic nitrogens is 1. The summed E-state index contributed by atoms with van der Waals surface area (Å²) in [4.78, 5) is 0.863. The molecule has 68 valence electrons. The average Bonchev–Trinajstić information content (AvgIpc) is 2.50. The number of aliphatic hydroxyl groups is 1. The molecule has 0 radical (unpaired) electrons. The number of aliphatic hydroxyl groups excluding tert-OH is 1. The molecule has 0 spiro atoms. The van der Waals surface area contributed by atoms with Gasteiger partial charge in [-0.15, -0.1) is 0 Å². The minimum absolute atomic E-state index is 0.218. The Hall–Kier alpha value is -0.610. The SMILES string of the molecule is COc1cc(C(O)C(C)C)sn1. The molecule has 1 heterocycles. The van der Waals surface area contributed by atoms with E-state index in [0.29, 0.717) is 5.88 Å². The molecule has 3 nitrogen and oxygen atoms in total. The molecule has 0 amide bonds. The highest BCUT2D eigenvalue weighted by atomic mass is 32.1. The summed E-state index contributed by atoms with van der Waals surface area (Å²) in [7, 11) is 1.57. The van der Waals surface area contributed by atoms with Crippen LogP contribution < -0.4 is 4.74 Å². The van der Waals surface area contributed by atoms with E-state index in [1.54, 1.807) is 13.2 Å². The van der Waals surface area contributed by atoms with E-state index in [-0.39, 0.29) is 5.92 Å². The van der Waals surface area contributed by atoms with E-state index in [4.69, 9.17) is 4.74 Å². The lowest BCUT2D eigenvalue weighted by molar-refractivity contribution is 0.130. The van der Waals surface area contributed by atoms with E-state index in [2.05, 4.69) is 4.37 Å². The Morgan fingerprint density at radius 2 is 2.25 bits per heavy atom. The minimum Gasteiger partial charge on any atom is -0.480 e. The summed E-state index contributed by atoms with van der Waals surface area (Å²) in [6.45, 7) is 3.94. The van der Waals surface area contributed by atoms with Crippen LogP contribution in [-0.4, -0.2) is 16.6 Å². The van der Waals surface area contributed by atoms with Crippen molar-refractivity contribution in [3.05, 3.63) is 10.9 Å². The maximum atomic E-state index is 9.62. The van der Waals surface area contributed by atoms with Crippen LogP contribution in [-0.2, 0) is 0 Å². The van der Waals surface area contributed by atoms with Crippen LogP contribution in [0, 0.1) is 5.92 Å². The van der Waals surface area contributed by atoms with Crippen molar-refractivity contribution >= 4 is 11.5 Å². The van der Waals surface area contributed by atoms with Gasteiger partial charge < -0.3 is 9.84 Å². The molecule has 0 aliphatic carbocycles. The Morgan fingerprint density at radius 3 is 2.67 bits per heavy atom. The monoisotopic (exact) mass is 187 g/mol. The fourth-order valence-electron chi connectivity index (χ4n) is 0.836. The molecule has 0 fully saturated rings. The van der Waals surface area contributed by atoms with Gasteiger partial charge in [0.2, 0.25) is 5.88 Å². The highest BCUT2D eigenvalue weighted by molar-refractivity contribution is 7.06. The van der Waals surface area contributed by atoms with Crippen LogP contribution in [0.3, 0.4) is 0 Å². The number of ether oxygens (including phenoxy) is 1. The van der Waals surface area contributed by atoms with Gasteiger partial charge in [0.1, 0.15) is 0 Å². The summed E-state index contributed by atoms with van der Waals surface area (Å²) in [6, 6.07) is 1.77. The highest BCUT2D eigenvalue weighted by Gasteiger charge is 2.15. The lowest BCUT2D eigenvalue weighted by Gasteiger charge is -2.10. The van der Waals surface area contributed by atoms with Crippen molar-refractivity contribution in [1.82, 2.24) is 4.37 Å². The van der Waals surface area contributed by atoms with E-state index in [0.717, 1.165) is 4.88 Å². The summed E-state index contributed by atoms with van der Waals surface area (Å²) >= 11 is 1.29. The summed E-state index contributed by atoms with van der Waals surface area (Å²) < 4.78 is 8.91. The van der Waals surface area contributed by atoms with E-state index in [1.807, 2.05) is 13.8 Å². The first kappa shape index (κ1) is 9.48. The van der Waals surface area contributed by atoms with Crippen molar-refractivity contribution in [3.63, 3.8) is 0 Å². The van der Waals surface area contributed by atoms with Crippen molar-refractivity contribution in [2.45, 2.75) is 20.0 Å². The van der Waals surface area contributed by atoms with Gasteiger partial charge in [-0.2, -0.15) is 4.37 Å². The van der Waals surface area contributed by atoms with Crippen LogP contribution in [0.2, 0.25) is 0 Å². The average molecular weight is 187 g/mol. The van der Waals surface area contributed by atoms with Crippen LogP contribution in [0.4, 0.5) is 0 Å². The summed E-state index contributed by atoms with van der Waals surface area (Å²) in [5.74, 6) is 0.796. The Bertz CT molecular complexity index is 247. The lowest BCUT2D eigenvalue weighted by Crippen LogP contribution is -2.02. The molecule has 0 aromatic carbocycles. The number of hydrogen-bond acceptors (Lipinski definition) is 4. The second-order valence-corrected chi connectivity index (χ2v) is 3.80. The van der Waals surface area contributed by atoms with E-state index in [1.165, 1.54) is 11.5 Å². The van der Waals surface area contributed by atoms with Crippen molar-refractivity contribution < 1.29 is 9.84 Å². The third-order valence-corrected chi connectivity index (χ3v) is 2.48. The van der Waals surface area contributed by atoms with Crippen LogP contribution in [0.5, 0.6) is 5.88 Å². The van der Waals surface area contributed by atoms with Crippen LogP contribution in [0.1, 0.15) is 24.8 Å². The molecule has 0 saturated heterocycles. The quantitative estimate of drug-likeness (QED) is 0.785. The molecule has 0 aliphatic heterocycles. The third-order valence-electron chi connectivity index (χ3n) is 1.64. The van der Waals surface area contributed by atoms with E-state index in [9.17, 15) is 5.11 Å². The molecule has 0 aliphatic rings. The first-order chi connectivity index (χ1) is 5.65. The zero-order chi connectivity index (χ0) is 9.14. The van der Waals surface area contributed by atoms with E-state index < -0.39 is 6.10 Å². The predicted molar refractivity (Wildman–Crippen MR) is 48.5 cm³/mol. The van der Waals surface area contributed by atoms with Gasteiger partial charge in [0, 0.05) is 6.07 Å². The smallest absolute Gasteiger partial charge is 0.225 e. The topological polar surface area (TPSA) is 42.4 Å². The van der Waals surface area contributed by atoms with Crippen molar-refractivity contribution in [2.75, 3.05) is 7.11 Å². The minimum atomic E-state index is -0.425. The van der Waals surface area contributed by atoms with Gasteiger partial charge in [-0.05, 0) is 17.5 Å². The van der Waals surface area contributed by atoms with Crippen molar-refractivity contribution in [2.24, 2.45) is 5.92 Å². The van der Waals surface area contributed by atoms with Gasteiger partial charge in [-0.25, -0.2) is 0 Å². The Balaban J connectivity index is 2.74. The molecule has 0 bridgehead atoms. The molecule has 1 aromatic rings. The largest absolute Gasteiger partial charge is 0.480 e. The number of nitrogens with zero attached hydrogens (tertiary/aromatic N) is 1. The first-order valence-electron chi connectivity index (χ1n) is 3.83. The van der Waals surface area contributed by atoms with Crippen molar-refractivity contribution in [1.29, 1.82) is 0 Å². The first-order valence-corrected chi connectivity index (χ1v) is 4.61. The Morgan fingerprint density at radius 1 is 1.58 bits per heavy atom. The number of methoxy groups -OCH3 is 1. The van der Waals surface area contributed by atoms with Gasteiger partial charge >= 0.3 is 0 Å². The maximum Gasteiger partial charge on any atom is 0.225 e. The molecule has 0 saturated carbocycles. The Labute approximate surface area is 76.2 Å². The third kappa shape index (κ3) is 1.95. The molecule has 1 unspecified atom stereocenters. The number of hydrogen-bond donors (Lipinski definition) is 1. The van der Waals surface area contributed by atoms with Crippen LogP contribution in [0.25, 0.3) is 0 Å². The van der Waals surface area contributed by atoms with Gasteiger partial charge in [0.05, 0.1) is 18.1 Å². The summed E-state index contributed by atoms with van der Waals surface area (Å²) in [5, 5.41) is 9.62. The predicted octanol–water partition coefficient (Wildman–Crippen LogP) is 1.84. The molecular formula is C8H13NO2S. The van der Waals surface area contributed by atoms with Gasteiger partial charge in [0.25, 0.3) is 0 Å². The summed E-state index contributed by atoms with van der Waals surface area (Å²) in [5.41, 5.74) is 0. The second kappa shape index (κ2) is 3.87. The standard InChI is InChI=1S/C8H13NO2S/c1-5(2)8(10)6-4-7(11-3)9-12-6/h4-5,8,10H,1-3H3. The highest BCUT2D eigenvalue weighted by Crippen LogP contribution is 2.27. The lowest BCUT2D eigenvalue weighted by atomic mass is 10.1. The summed E-state index contributed by atoms with van der Waals surface area (Å²) in [6.07, 6.45) is -0.425. The van der Waals surface area contributed by atoms with Crippen LogP contribution in [0.15, 0.2) is 6.07 Å². The molecule has 1 rings (SSSR count). The molecule has 12 heavy (non-hydrogen) atoms. The van der Waals surface area contributed by atoms with E-state index >= 15 is 0 Å². The Kier molecular flexibility index (Phi) is 3.05. The number of rotatable bonds is 3. The molecular weight excluding hydrogens is 174 g/mol. The van der Waals surface area contributed by atoms with Crippen molar-refractivity contribution in [3.8, 4) is 5.88 Å². The molecule has 1 aromatic heterocycles. The fourth-order valence-corrected chi connectivity index (χ4v) is 1.69. The molecule has 4 heteroatoms. The fraction of sp³-hybridized carbons (Fsp3) is 0.625. The maximum absolute atomic E-state index is 9.62. The van der Waals surface area contributed by atoms with Gasteiger partial charge in [-0.1, -0.05) is 13.8 Å².